The van der Waals surface area contributed by atoms with E-state index in [1.807, 2.05) is 12.3 Å². The van der Waals surface area contributed by atoms with Crippen molar-refractivity contribution < 1.29 is 4.74 Å². The lowest BCUT2D eigenvalue weighted by molar-refractivity contribution is 0.0916. The second-order valence-electron chi connectivity index (χ2n) is 14.3. The monoisotopic (exact) mass is 673 g/mol. The van der Waals surface area contributed by atoms with Gasteiger partial charge in [-0.15, -0.1) is 0 Å². The highest BCUT2D eigenvalue weighted by atomic mass is 16.5. The van der Waals surface area contributed by atoms with E-state index in [1.165, 1.54) is 27.5 Å². The predicted molar refractivity (Wildman–Crippen MR) is 214 cm³/mol. The highest BCUT2D eigenvalue weighted by molar-refractivity contribution is 6.10. The summed E-state index contributed by atoms with van der Waals surface area (Å²) in [5.41, 5.74) is 11.6. The highest BCUT2D eigenvalue weighted by Crippen LogP contribution is 2.42. The third kappa shape index (κ3) is 5.67. The van der Waals surface area contributed by atoms with Crippen LogP contribution in [0.15, 0.2) is 175 Å². The maximum atomic E-state index is 6.93. The fraction of sp³-hybridized carbons (Fsp3) is 0.125. The summed E-state index contributed by atoms with van der Waals surface area (Å²) in [6.45, 7) is 6.45. The van der Waals surface area contributed by atoms with Crippen LogP contribution in [-0.2, 0) is 4.74 Å². The zero-order valence-electron chi connectivity index (χ0n) is 29.6. The number of ether oxygens (including phenoxy) is 1. The molecule has 0 amide bonds. The minimum absolute atomic E-state index is 0.0256. The van der Waals surface area contributed by atoms with Crippen molar-refractivity contribution >= 4 is 27.7 Å². The van der Waals surface area contributed by atoms with Gasteiger partial charge in [-0.1, -0.05) is 121 Å². The number of pyridine rings is 1. The first kappa shape index (κ1) is 31.7. The van der Waals surface area contributed by atoms with Crippen molar-refractivity contribution in [2.45, 2.75) is 38.3 Å². The molecule has 0 saturated heterocycles. The van der Waals surface area contributed by atoms with Crippen molar-refractivity contribution in [1.29, 1.82) is 0 Å². The van der Waals surface area contributed by atoms with E-state index < -0.39 is 5.60 Å². The first-order valence-electron chi connectivity index (χ1n) is 18.0. The largest absolute Gasteiger partial charge is 0.469 e. The number of aryl methyl sites for hydroxylation is 1. The van der Waals surface area contributed by atoms with Gasteiger partial charge in [-0.05, 0) is 91.1 Å². The molecule has 9 rings (SSSR count). The van der Waals surface area contributed by atoms with Gasteiger partial charge < -0.3 is 9.30 Å². The third-order valence-electron chi connectivity index (χ3n) is 10.4. The molecule has 0 fully saturated rings. The molecule has 0 aliphatic carbocycles. The second kappa shape index (κ2) is 12.8. The summed E-state index contributed by atoms with van der Waals surface area (Å²) < 4.78 is 9.31. The van der Waals surface area contributed by atoms with Crippen LogP contribution in [0.4, 0.5) is 0 Å². The Morgan fingerprint density at radius 2 is 1.21 bits per heavy atom. The van der Waals surface area contributed by atoms with Crippen LogP contribution < -0.4 is 0 Å². The van der Waals surface area contributed by atoms with Gasteiger partial charge >= 0.3 is 0 Å². The lowest BCUT2D eigenvalue weighted by Crippen LogP contribution is -2.38. The molecule has 1 aliphatic heterocycles. The summed E-state index contributed by atoms with van der Waals surface area (Å²) in [5.74, 6) is 0.689. The average Bonchev–Trinajstić information content (AvgIpc) is 3.69. The van der Waals surface area contributed by atoms with Crippen molar-refractivity contribution in [3.05, 3.63) is 192 Å². The highest BCUT2D eigenvalue weighted by Gasteiger charge is 2.44. The normalized spacial score (nSPS) is 15.2. The van der Waals surface area contributed by atoms with Gasteiger partial charge in [0.15, 0.2) is 0 Å². The van der Waals surface area contributed by atoms with E-state index in [2.05, 4.69) is 183 Å². The molecular formula is C48H39N3O. The quantitative estimate of drug-likeness (QED) is 0.169. The van der Waals surface area contributed by atoms with Crippen LogP contribution >= 0.6 is 0 Å². The fourth-order valence-electron chi connectivity index (χ4n) is 7.87. The second-order valence-corrected chi connectivity index (χ2v) is 14.3. The lowest BCUT2D eigenvalue weighted by Gasteiger charge is -2.32. The molecule has 0 unspecified atom stereocenters. The van der Waals surface area contributed by atoms with E-state index in [0.717, 1.165) is 44.7 Å². The van der Waals surface area contributed by atoms with Gasteiger partial charge in [0.05, 0.1) is 16.7 Å². The molecule has 1 aliphatic rings. The molecule has 3 heterocycles. The molecule has 0 N–H and O–H groups in total. The minimum Gasteiger partial charge on any atom is -0.469 e. The molecule has 0 spiro atoms. The van der Waals surface area contributed by atoms with Crippen LogP contribution in [0.25, 0.3) is 49.9 Å². The van der Waals surface area contributed by atoms with E-state index in [9.17, 15) is 0 Å². The predicted octanol–water partition coefficient (Wildman–Crippen LogP) is 11.6. The van der Waals surface area contributed by atoms with Crippen molar-refractivity contribution in [2.24, 2.45) is 4.99 Å². The Hall–Kier alpha value is -6.26. The summed E-state index contributed by atoms with van der Waals surface area (Å²) in [4.78, 5) is 10.2. The number of benzene rings is 6. The minimum atomic E-state index is -0.558. The third-order valence-corrected chi connectivity index (χ3v) is 10.4. The average molecular weight is 674 g/mol. The molecule has 6 aromatic carbocycles. The van der Waals surface area contributed by atoms with E-state index >= 15 is 0 Å². The molecule has 0 saturated carbocycles. The first-order valence-corrected chi connectivity index (χ1v) is 18.0. The summed E-state index contributed by atoms with van der Waals surface area (Å²) in [7, 11) is 0. The Morgan fingerprint density at radius 3 is 1.92 bits per heavy atom. The van der Waals surface area contributed by atoms with Gasteiger partial charge in [-0.3, -0.25) is 4.98 Å². The smallest absolute Gasteiger partial charge is 0.217 e. The molecule has 4 heteroatoms. The zero-order valence-corrected chi connectivity index (χ0v) is 29.6. The Bertz CT molecular complexity index is 2550. The zero-order chi connectivity index (χ0) is 35.2. The van der Waals surface area contributed by atoms with Gasteiger partial charge in [0.1, 0.15) is 11.6 Å². The molecule has 52 heavy (non-hydrogen) atoms. The van der Waals surface area contributed by atoms with Crippen LogP contribution in [0, 0.1) is 6.92 Å². The molecule has 1 atom stereocenters. The number of rotatable bonds is 7. The molecule has 2 aromatic heterocycles. The van der Waals surface area contributed by atoms with Crippen molar-refractivity contribution in [3.63, 3.8) is 0 Å². The van der Waals surface area contributed by atoms with Crippen LogP contribution in [0.1, 0.15) is 42.0 Å². The number of fused-ring (bicyclic) bond motifs is 3. The Morgan fingerprint density at radius 1 is 0.577 bits per heavy atom. The first-order chi connectivity index (χ1) is 25.4. The van der Waals surface area contributed by atoms with E-state index in [-0.39, 0.29) is 12.0 Å². The summed E-state index contributed by atoms with van der Waals surface area (Å²) in [6.07, 6.45) is 1.89. The lowest BCUT2D eigenvalue weighted by atomic mass is 9.79. The standard InChI is InChI=1S/C48H39N3O/c1-32-25-26-49-42(27-32)36-23-24-41-40-21-13-14-22-43(40)51(44(41)31-36)39-29-37(33-15-7-4-8-16-33)28-38(30-39)47-50-46(48(2,3)52-47)45(34-17-9-5-10-18-34)35-19-11-6-12-20-35/h4-31,45-46H,1-3H3/t46-/m1/s1. The Balaban J connectivity index is 1.26. The molecule has 4 nitrogen and oxygen atoms in total. The van der Waals surface area contributed by atoms with E-state index in [0.29, 0.717) is 5.90 Å². The Labute approximate surface area is 304 Å². The SMILES string of the molecule is Cc1ccnc(-c2ccc3c4ccccc4n(-c4cc(C5=N[C@H](C(c6ccccc6)c6ccccc6)C(C)(C)O5)cc(-c5ccccc5)c4)c3c2)c1. The fourth-order valence-corrected chi connectivity index (χ4v) is 7.87. The number of hydrogen-bond acceptors (Lipinski definition) is 3. The number of aliphatic imine (C=N–C) groups is 1. The Kier molecular flexibility index (Phi) is 7.81. The molecule has 252 valence electrons. The van der Waals surface area contributed by atoms with Crippen LogP contribution in [0.5, 0.6) is 0 Å². The van der Waals surface area contributed by atoms with Gasteiger partial charge in [-0.25, -0.2) is 4.99 Å². The summed E-state index contributed by atoms with van der Waals surface area (Å²) in [5, 5.41) is 2.40. The van der Waals surface area contributed by atoms with Crippen LogP contribution in [0.3, 0.4) is 0 Å². The van der Waals surface area contributed by atoms with Gasteiger partial charge in [0.25, 0.3) is 0 Å². The molecule has 8 aromatic rings. The van der Waals surface area contributed by atoms with Gasteiger partial charge in [0.2, 0.25) is 5.90 Å². The van der Waals surface area contributed by atoms with Gasteiger partial charge in [-0.2, -0.15) is 0 Å². The maximum Gasteiger partial charge on any atom is 0.217 e. The van der Waals surface area contributed by atoms with E-state index in [4.69, 9.17) is 14.7 Å². The number of para-hydroxylation sites is 1. The van der Waals surface area contributed by atoms with E-state index in [1.54, 1.807) is 0 Å². The number of hydrogen-bond donors (Lipinski definition) is 0. The molecule has 0 radical (unpaired) electrons. The van der Waals surface area contributed by atoms with Crippen molar-refractivity contribution in [3.8, 4) is 28.1 Å². The summed E-state index contributed by atoms with van der Waals surface area (Å²) in [6, 6.07) is 58.2. The number of aromatic nitrogens is 2. The molecule has 0 bridgehead atoms. The topological polar surface area (TPSA) is 39.4 Å². The summed E-state index contributed by atoms with van der Waals surface area (Å²) >= 11 is 0. The van der Waals surface area contributed by atoms with Crippen LogP contribution in [0.2, 0.25) is 0 Å². The van der Waals surface area contributed by atoms with Crippen molar-refractivity contribution in [1.82, 2.24) is 9.55 Å². The van der Waals surface area contributed by atoms with Crippen molar-refractivity contribution in [2.75, 3.05) is 0 Å². The number of nitrogens with zero attached hydrogens (tertiary/aromatic N) is 3. The molecular weight excluding hydrogens is 635 g/mol. The van der Waals surface area contributed by atoms with Crippen LogP contribution in [-0.4, -0.2) is 27.1 Å². The van der Waals surface area contributed by atoms with Gasteiger partial charge in [0, 0.05) is 39.7 Å². The maximum absolute atomic E-state index is 6.93.